The maximum atomic E-state index is 12.9. The molecule has 0 radical (unpaired) electrons. The van der Waals surface area contributed by atoms with E-state index >= 15 is 0 Å². The third-order valence-corrected chi connectivity index (χ3v) is 6.19. The van der Waals surface area contributed by atoms with Crippen molar-refractivity contribution in [3.05, 3.63) is 0 Å². The normalized spacial score (nSPS) is 42.2. The Morgan fingerprint density at radius 3 is 2.00 bits per heavy atom. The minimum atomic E-state index is -0.710. The first-order chi connectivity index (χ1) is 9.45. The first-order valence-electron chi connectivity index (χ1n) is 8.41. The van der Waals surface area contributed by atoms with Crippen LogP contribution in [-0.2, 0) is 9.53 Å². The van der Waals surface area contributed by atoms with Gasteiger partial charge in [-0.3, -0.25) is 4.79 Å². The molecule has 4 saturated carbocycles. The Balaban J connectivity index is 1.92. The zero-order valence-corrected chi connectivity index (χ0v) is 14.2. The molecule has 4 rings (SSSR count). The van der Waals surface area contributed by atoms with Crippen molar-refractivity contribution in [1.82, 2.24) is 0 Å². The van der Waals surface area contributed by atoms with Crippen LogP contribution >= 0.6 is 0 Å². The highest BCUT2D eigenvalue weighted by Gasteiger charge is 2.65. The highest BCUT2D eigenvalue weighted by molar-refractivity contribution is 5.78. The van der Waals surface area contributed by atoms with Crippen LogP contribution in [0.3, 0.4) is 0 Å². The van der Waals surface area contributed by atoms with Crippen molar-refractivity contribution in [1.29, 1.82) is 0 Å². The minimum Gasteiger partial charge on any atom is -0.460 e. The maximum absolute atomic E-state index is 12.9. The summed E-state index contributed by atoms with van der Waals surface area (Å²) in [6.07, 6.45) is 6.15. The maximum Gasteiger partial charge on any atom is 0.312 e. The second-order valence-electron chi connectivity index (χ2n) is 9.58. The van der Waals surface area contributed by atoms with Crippen LogP contribution in [0.1, 0.15) is 73.1 Å². The summed E-state index contributed by atoms with van der Waals surface area (Å²) in [5.41, 5.74) is -1.56. The average molecular weight is 294 g/mol. The van der Waals surface area contributed by atoms with Crippen molar-refractivity contribution in [2.75, 3.05) is 0 Å². The summed E-state index contributed by atoms with van der Waals surface area (Å²) in [5.74, 6) is 1.16. The average Bonchev–Trinajstić information content (AvgIpc) is 2.22. The molecule has 21 heavy (non-hydrogen) atoms. The van der Waals surface area contributed by atoms with E-state index in [0.29, 0.717) is 11.8 Å². The summed E-state index contributed by atoms with van der Waals surface area (Å²) in [6.45, 7) is 9.69. The van der Waals surface area contributed by atoms with E-state index in [9.17, 15) is 9.90 Å². The second kappa shape index (κ2) is 4.24. The van der Waals surface area contributed by atoms with Crippen LogP contribution in [-0.4, -0.2) is 22.3 Å². The molecule has 0 amide bonds. The summed E-state index contributed by atoms with van der Waals surface area (Å²) < 4.78 is 5.76. The van der Waals surface area contributed by atoms with E-state index in [1.807, 2.05) is 34.6 Å². The van der Waals surface area contributed by atoms with E-state index in [2.05, 4.69) is 0 Å². The Bertz CT molecular complexity index is 438. The van der Waals surface area contributed by atoms with Gasteiger partial charge >= 0.3 is 5.97 Å². The van der Waals surface area contributed by atoms with Gasteiger partial charge in [-0.05, 0) is 85.0 Å². The first-order valence-corrected chi connectivity index (χ1v) is 8.41. The van der Waals surface area contributed by atoms with E-state index in [1.165, 1.54) is 6.42 Å². The van der Waals surface area contributed by atoms with Crippen LogP contribution in [0, 0.1) is 22.7 Å². The molecular weight excluding hydrogens is 264 g/mol. The van der Waals surface area contributed by atoms with E-state index < -0.39 is 11.2 Å². The number of aliphatic hydroxyl groups is 1. The number of hydrogen-bond donors (Lipinski definition) is 1. The lowest BCUT2D eigenvalue weighted by atomic mass is 9.41. The lowest BCUT2D eigenvalue weighted by Gasteiger charge is -2.64. The monoisotopic (exact) mass is 294 g/mol. The fraction of sp³-hybridized carbons (Fsp3) is 0.944. The molecule has 2 atom stereocenters. The molecule has 0 aromatic heterocycles. The van der Waals surface area contributed by atoms with E-state index in [1.54, 1.807) is 0 Å². The van der Waals surface area contributed by atoms with Gasteiger partial charge in [-0.1, -0.05) is 0 Å². The quantitative estimate of drug-likeness (QED) is 0.790. The van der Waals surface area contributed by atoms with Crippen LogP contribution in [0.15, 0.2) is 0 Å². The number of esters is 1. The molecule has 0 aromatic carbocycles. The number of hydrogen-bond acceptors (Lipinski definition) is 3. The van der Waals surface area contributed by atoms with Gasteiger partial charge in [0.25, 0.3) is 0 Å². The fourth-order valence-corrected chi connectivity index (χ4v) is 5.60. The minimum absolute atomic E-state index is 0.0160. The molecule has 1 N–H and O–H groups in total. The van der Waals surface area contributed by atoms with Crippen molar-refractivity contribution < 1.29 is 14.6 Å². The van der Waals surface area contributed by atoms with Crippen molar-refractivity contribution in [3.63, 3.8) is 0 Å². The Morgan fingerprint density at radius 2 is 1.57 bits per heavy atom. The van der Waals surface area contributed by atoms with Crippen LogP contribution < -0.4 is 0 Å². The molecule has 0 saturated heterocycles. The van der Waals surface area contributed by atoms with E-state index in [0.717, 1.165) is 32.1 Å². The van der Waals surface area contributed by atoms with Crippen LogP contribution in [0.5, 0.6) is 0 Å². The Hall–Kier alpha value is -0.570. The van der Waals surface area contributed by atoms with Crippen LogP contribution in [0.25, 0.3) is 0 Å². The van der Waals surface area contributed by atoms with Crippen molar-refractivity contribution in [3.8, 4) is 0 Å². The number of ether oxygens (including phenoxy) is 1. The predicted molar refractivity (Wildman–Crippen MR) is 81.7 cm³/mol. The summed E-state index contributed by atoms with van der Waals surface area (Å²) in [4.78, 5) is 12.9. The molecular formula is C18H30O3. The largest absolute Gasteiger partial charge is 0.460 e. The van der Waals surface area contributed by atoms with Crippen molar-refractivity contribution >= 4 is 5.97 Å². The molecule has 2 unspecified atom stereocenters. The fourth-order valence-electron chi connectivity index (χ4n) is 5.60. The zero-order valence-electron chi connectivity index (χ0n) is 14.2. The summed E-state index contributed by atoms with van der Waals surface area (Å²) in [5, 5.41) is 10.8. The molecule has 3 nitrogen and oxygen atoms in total. The molecule has 4 aliphatic carbocycles. The third-order valence-electron chi connectivity index (χ3n) is 6.19. The number of carbonyl (C=O) groups is 1. The lowest BCUT2D eigenvalue weighted by molar-refractivity contribution is -0.215. The Kier molecular flexibility index (Phi) is 3.10. The smallest absolute Gasteiger partial charge is 0.312 e. The Morgan fingerprint density at radius 1 is 1.05 bits per heavy atom. The molecule has 0 aliphatic heterocycles. The summed E-state index contributed by atoms with van der Waals surface area (Å²) in [7, 11) is 0. The van der Waals surface area contributed by atoms with E-state index in [-0.39, 0.29) is 16.8 Å². The molecule has 120 valence electrons. The van der Waals surface area contributed by atoms with E-state index in [4.69, 9.17) is 4.74 Å². The van der Waals surface area contributed by atoms with Gasteiger partial charge in [0.2, 0.25) is 0 Å². The second-order valence-corrected chi connectivity index (χ2v) is 9.58. The van der Waals surface area contributed by atoms with Crippen molar-refractivity contribution in [2.45, 2.75) is 84.3 Å². The van der Waals surface area contributed by atoms with Crippen molar-refractivity contribution in [2.24, 2.45) is 22.7 Å². The van der Waals surface area contributed by atoms with Crippen LogP contribution in [0.4, 0.5) is 0 Å². The molecule has 3 heteroatoms. The highest BCUT2D eigenvalue weighted by Crippen LogP contribution is 2.68. The molecule has 0 spiro atoms. The van der Waals surface area contributed by atoms with Gasteiger partial charge in [-0.25, -0.2) is 0 Å². The topological polar surface area (TPSA) is 46.5 Å². The van der Waals surface area contributed by atoms with Gasteiger partial charge in [-0.15, -0.1) is 0 Å². The number of rotatable bonds is 2. The van der Waals surface area contributed by atoms with Gasteiger partial charge in [0.05, 0.1) is 11.0 Å². The van der Waals surface area contributed by atoms with Gasteiger partial charge in [-0.2, -0.15) is 0 Å². The number of carbonyl (C=O) groups excluding carboxylic acids is 1. The first kappa shape index (κ1) is 15.3. The SMILES string of the molecule is CC(C)(C)OC(=O)C12CC3CC(C1)CC(C(C)(C)O)(C3)C2. The molecule has 4 aliphatic rings. The highest BCUT2D eigenvalue weighted by atomic mass is 16.6. The summed E-state index contributed by atoms with van der Waals surface area (Å²) >= 11 is 0. The zero-order chi connectivity index (χ0) is 15.7. The molecule has 4 bridgehead atoms. The molecule has 0 heterocycles. The standard InChI is InChI=1S/C18H30O3/c1-15(2,3)21-14(19)17-7-12-6-13(8-17)10-18(9-12,11-17)16(4,5)20/h12-13,20H,6-11H2,1-5H3. The van der Waals surface area contributed by atoms with Gasteiger partial charge in [0.15, 0.2) is 0 Å². The summed E-state index contributed by atoms with van der Waals surface area (Å²) in [6, 6.07) is 0. The van der Waals surface area contributed by atoms with Gasteiger partial charge < -0.3 is 9.84 Å². The lowest BCUT2D eigenvalue weighted by Crippen LogP contribution is -2.62. The predicted octanol–water partition coefficient (Wildman–Crippen LogP) is 3.69. The van der Waals surface area contributed by atoms with Crippen LogP contribution in [0.2, 0.25) is 0 Å². The Labute approximate surface area is 128 Å². The molecule has 0 aromatic rings. The third kappa shape index (κ3) is 2.42. The molecule has 4 fully saturated rings. The van der Waals surface area contributed by atoms with Gasteiger partial charge in [0.1, 0.15) is 5.60 Å². The van der Waals surface area contributed by atoms with Gasteiger partial charge in [0, 0.05) is 5.41 Å².